The van der Waals surface area contributed by atoms with Gasteiger partial charge in [0, 0.05) is 41.7 Å². The van der Waals surface area contributed by atoms with Crippen LogP contribution in [0.3, 0.4) is 0 Å². The summed E-state index contributed by atoms with van der Waals surface area (Å²) in [5, 5.41) is 5.22. The minimum absolute atomic E-state index is 0.0299. The summed E-state index contributed by atoms with van der Waals surface area (Å²) in [6.07, 6.45) is 8.68. The van der Waals surface area contributed by atoms with Crippen LogP contribution >= 0.6 is 11.6 Å². The van der Waals surface area contributed by atoms with Crippen molar-refractivity contribution in [1.29, 1.82) is 0 Å². The molecule has 1 aromatic carbocycles. The molecule has 0 saturated heterocycles. The number of halogens is 1. The number of pyridine rings is 2. The minimum Gasteiger partial charge on any atom is -0.310 e. The molecule has 1 aliphatic carbocycles. The highest BCUT2D eigenvalue weighted by atomic mass is 35.5. The number of amides is 1. The predicted molar refractivity (Wildman–Crippen MR) is 109 cm³/mol. The van der Waals surface area contributed by atoms with Crippen molar-refractivity contribution in [2.45, 2.75) is 19.8 Å². The molecule has 0 spiro atoms. The molecule has 3 aromatic heterocycles. The molecule has 0 radical (unpaired) electrons. The molecule has 1 aliphatic rings. The second kappa shape index (κ2) is 6.49. The third-order valence-electron chi connectivity index (χ3n) is 5.05. The van der Waals surface area contributed by atoms with Crippen molar-refractivity contribution in [3.05, 3.63) is 53.6 Å². The van der Waals surface area contributed by atoms with Crippen LogP contribution < -0.4 is 5.32 Å². The summed E-state index contributed by atoms with van der Waals surface area (Å²) < 4.78 is 0. The molecule has 0 aliphatic heterocycles. The molecule has 28 heavy (non-hydrogen) atoms. The number of anilines is 1. The van der Waals surface area contributed by atoms with Crippen molar-refractivity contribution in [1.82, 2.24) is 19.9 Å². The van der Waals surface area contributed by atoms with Crippen LogP contribution in [0.15, 0.2) is 43.0 Å². The summed E-state index contributed by atoms with van der Waals surface area (Å²) in [5.41, 5.74) is 4.25. The van der Waals surface area contributed by atoms with Gasteiger partial charge in [-0.3, -0.25) is 9.78 Å². The van der Waals surface area contributed by atoms with Gasteiger partial charge in [-0.1, -0.05) is 11.6 Å². The van der Waals surface area contributed by atoms with E-state index in [1.54, 1.807) is 24.8 Å². The molecule has 1 N–H and O–H groups in total. The van der Waals surface area contributed by atoms with Crippen LogP contribution in [0.4, 0.5) is 5.82 Å². The highest BCUT2D eigenvalue weighted by molar-refractivity contribution is 6.36. The van der Waals surface area contributed by atoms with Gasteiger partial charge in [0.25, 0.3) is 0 Å². The average Bonchev–Trinajstić information content (AvgIpc) is 3.53. The van der Waals surface area contributed by atoms with Gasteiger partial charge >= 0.3 is 0 Å². The number of rotatable bonds is 3. The number of hydrogen-bond acceptors (Lipinski definition) is 5. The van der Waals surface area contributed by atoms with E-state index in [4.69, 9.17) is 11.6 Å². The van der Waals surface area contributed by atoms with Gasteiger partial charge in [-0.05, 0) is 54.5 Å². The Labute approximate surface area is 166 Å². The maximum atomic E-state index is 12.0. The molecule has 3 heterocycles. The largest absolute Gasteiger partial charge is 0.310 e. The SMILES string of the molecule is Cc1c(-c2cc(Cl)c3cnc(NC(=O)C4CC4)cc3c2)cnc2nccnc12. The van der Waals surface area contributed by atoms with E-state index in [1.807, 2.05) is 25.1 Å². The first kappa shape index (κ1) is 17.0. The van der Waals surface area contributed by atoms with Crippen molar-refractivity contribution < 1.29 is 4.79 Å². The lowest BCUT2D eigenvalue weighted by atomic mass is 9.99. The predicted octanol–water partition coefficient (Wildman–Crippen LogP) is 4.55. The number of fused-ring (bicyclic) bond motifs is 2. The van der Waals surface area contributed by atoms with Gasteiger partial charge in [-0.2, -0.15) is 0 Å². The van der Waals surface area contributed by atoms with Crippen molar-refractivity contribution in [3.8, 4) is 11.1 Å². The lowest BCUT2D eigenvalue weighted by Crippen LogP contribution is -2.14. The number of carbonyl (C=O) groups excluding carboxylic acids is 1. The van der Waals surface area contributed by atoms with Crippen LogP contribution in [-0.4, -0.2) is 25.8 Å². The first-order valence-corrected chi connectivity index (χ1v) is 9.45. The molecule has 0 atom stereocenters. The molecule has 0 bridgehead atoms. The van der Waals surface area contributed by atoms with E-state index in [0.717, 1.165) is 45.8 Å². The third-order valence-corrected chi connectivity index (χ3v) is 5.36. The zero-order valence-electron chi connectivity index (χ0n) is 15.1. The summed E-state index contributed by atoms with van der Waals surface area (Å²) in [6, 6.07) is 5.79. The molecule has 5 rings (SSSR count). The van der Waals surface area contributed by atoms with E-state index < -0.39 is 0 Å². The second-order valence-electron chi connectivity index (χ2n) is 7.04. The van der Waals surface area contributed by atoms with Crippen molar-refractivity contribution in [3.63, 3.8) is 0 Å². The second-order valence-corrected chi connectivity index (χ2v) is 7.44. The maximum Gasteiger partial charge on any atom is 0.228 e. The molecule has 6 nitrogen and oxygen atoms in total. The van der Waals surface area contributed by atoms with E-state index in [-0.39, 0.29) is 11.8 Å². The van der Waals surface area contributed by atoms with Crippen LogP contribution in [0.1, 0.15) is 18.4 Å². The van der Waals surface area contributed by atoms with Crippen molar-refractivity contribution in [2.75, 3.05) is 5.32 Å². The number of nitrogens with one attached hydrogen (secondary N) is 1. The molecule has 7 heteroatoms. The van der Waals surface area contributed by atoms with Crippen molar-refractivity contribution >= 4 is 45.3 Å². The Morgan fingerprint density at radius 2 is 1.89 bits per heavy atom. The monoisotopic (exact) mass is 389 g/mol. The van der Waals surface area contributed by atoms with Gasteiger partial charge < -0.3 is 5.32 Å². The fourth-order valence-corrected chi connectivity index (χ4v) is 3.62. The lowest BCUT2D eigenvalue weighted by molar-refractivity contribution is -0.117. The number of aromatic nitrogens is 4. The van der Waals surface area contributed by atoms with Crippen LogP contribution in [0.25, 0.3) is 33.1 Å². The highest BCUT2D eigenvalue weighted by Crippen LogP contribution is 2.34. The van der Waals surface area contributed by atoms with E-state index in [9.17, 15) is 4.79 Å². The summed E-state index contributed by atoms with van der Waals surface area (Å²) in [5.74, 6) is 0.693. The van der Waals surface area contributed by atoms with Gasteiger partial charge in [0.2, 0.25) is 5.91 Å². The Kier molecular flexibility index (Phi) is 3.94. The van der Waals surface area contributed by atoms with Crippen LogP contribution in [0, 0.1) is 12.8 Å². The maximum absolute atomic E-state index is 12.0. The summed E-state index contributed by atoms with van der Waals surface area (Å²) >= 11 is 6.53. The van der Waals surface area contributed by atoms with Gasteiger partial charge in [-0.25, -0.2) is 15.0 Å². The van der Waals surface area contributed by atoms with E-state index >= 15 is 0 Å². The summed E-state index contributed by atoms with van der Waals surface area (Å²) in [4.78, 5) is 29.5. The Bertz CT molecular complexity index is 1250. The zero-order chi connectivity index (χ0) is 19.3. The number of aryl methyl sites for hydroxylation is 1. The average molecular weight is 390 g/mol. The minimum atomic E-state index is 0.0299. The molecule has 4 aromatic rings. The van der Waals surface area contributed by atoms with Gasteiger partial charge in [0.1, 0.15) is 11.3 Å². The molecule has 1 fully saturated rings. The van der Waals surface area contributed by atoms with Gasteiger partial charge in [0.15, 0.2) is 5.65 Å². The van der Waals surface area contributed by atoms with E-state index in [2.05, 4.69) is 25.3 Å². The fraction of sp³-hybridized carbons (Fsp3) is 0.190. The number of carbonyl (C=O) groups is 1. The number of nitrogens with zero attached hydrogens (tertiary/aromatic N) is 4. The normalized spacial score (nSPS) is 13.8. The first-order chi connectivity index (χ1) is 13.6. The number of hydrogen-bond donors (Lipinski definition) is 1. The summed E-state index contributed by atoms with van der Waals surface area (Å²) in [6.45, 7) is 2.00. The third kappa shape index (κ3) is 2.96. The molecule has 1 amide bonds. The standard InChI is InChI=1S/C21H16ClN5O/c1-11-15(9-26-20-19(11)23-4-5-24-20)13-6-14-8-18(27-21(28)12-2-3-12)25-10-16(14)17(22)7-13/h4-10,12H,2-3H2,1H3,(H,25,27,28). The molecule has 1 saturated carbocycles. The highest BCUT2D eigenvalue weighted by Gasteiger charge is 2.29. The molecule has 138 valence electrons. The Morgan fingerprint density at radius 1 is 1.07 bits per heavy atom. The molecular weight excluding hydrogens is 374 g/mol. The topological polar surface area (TPSA) is 80.7 Å². The fourth-order valence-electron chi connectivity index (χ4n) is 3.34. The van der Waals surface area contributed by atoms with Crippen molar-refractivity contribution in [2.24, 2.45) is 5.92 Å². The first-order valence-electron chi connectivity index (χ1n) is 9.07. The Morgan fingerprint density at radius 3 is 2.71 bits per heavy atom. The number of benzene rings is 1. The quantitative estimate of drug-likeness (QED) is 0.556. The van der Waals surface area contributed by atoms with E-state index in [0.29, 0.717) is 16.5 Å². The summed E-state index contributed by atoms with van der Waals surface area (Å²) in [7, 11) is 0. The van der Waals surface area contributed by atoms with Gasteiger partial charge in [-0.15, -0.1) is 0 Å². The Balaban J connectivity index is 1.61. The lowest BCUT2D eigenvalue weighted by Gasteiger charge is -2.11. The van der Waals surface area contributed by atoms with E-state index in [1.165, 1.54) is 0 Å². The van der Waals surface area contributed by atoms with Crippen LogP contribution in [0.2, 0.25) is 5.02 Å². The zero-order valence-corrected chi connectivity index (χ0v) is 15.9. The molecular formula is C21H16ClN5O. The Hall–Kier alpha value is -3.12. The smallest absolute Gasteiger partial charge is 0.228 e. The van der Waals surface area contributed by atoms with Crippen LogP contribution in [0.5, 0.6) is 0 Å². The van der Waals surface area contributed by atoms with Gasteiger partial charge in [0.05, 0.1) is 5.02 Å². The van der Waals surface area contributed by atoms with Crippen LogP contribution in [-0.2, 0) is 4.79 Å². The molecule has 0 unspecified atom stereocenters.